The van der Waals surface area contributed by atoms with Gasteiger partial charge in [0.15, 0.2) is 14.6 Å². The summed E-state index contributed by atoms with van der Waals surface area (Å²) in [6.45, 7) is 1.89. The van der Waals surface area contributed by atoms with Crippen LogP contribution in [-0.4, -0.2) is 41.3 Å². The van der Waals surface area contributed by atoms with Gasteiger partial charge in [0.05, 0.1) is 5.75 Å². The van der Waals surface area contributed by atoms with Crippen LogP contribution >= 0.6 is 11.8 Å². The third-order valence-electron chi connectivity index (χ3n) is 1.91. The molecule has 1 N–H and O–H groups in total. The van der Waals surface area contributed by atoms with E-state index in [0.717, 1.165) is 13.8 Å². The van der Waals surface area contributed by atoms with Crippen LogP contribution in [0.15, 0.2) is 0 Å². The number of hydrogen-bond donors (Lipinski definition) is 1. The molecule has 0 aliphatic heterocycles. The van der Waals surface area contributed by atoms with E-state index < -0.39 is 49.3 Å². The molecule has 0 heterocycles. The highest BCUT2D eigenvalue weighted by Crippen LogP contribution is 2.31. The second-order valence-corrected chi connectivity index (χ2v) is 7.25. The summed E-state index contributed by atoms with van der Waals surface area (Å²) in [4.78, 5) is 10.6. The average Bonchev–Trinajstić information content (AvgIpc) is 2.00. The first-order chi connectivity index (χ1) is 6.90. The smallest absolute Gasteiger partial charge is 0.441 e. The maximum Gasteiger partial charge on any atom is 0.441 e. The largest absolute Gasteiger partial charge is 0.480 e. The van der Waals surface area contributed by atoms with Gasteiger partial charge in [-0.3, -0.25) is 4.79 Å². The molecule has 9 heteroatoms. The molecule has 0 saturated carbocycles. The van der Waals surface area contributed by atoms with E-state index in [-0.39, 0.29) is 0 Å². The summed E-state index contributed by atoms with van der Waals surface area (Å²) < 4.78 is 56.0. The molecule has 0 fully saturated rings. The predicted molar refractivity (Wildman–Crippen MR) is 54.0 cm³/mol. The lowest BCUT2D eigenvalue weighted by Gasteiger charge is -2.19. The number of alkyl halides is 3. The molecule has 0 unspecified atom stereocenters. The highest BCUT2D eigenvalue weighted by molar-refractivity contribution is 8.01. The van der Waals surface area contributed by atoms with E-state index in [0.29, 0.717) is 0 Å². The molecule has 0 aromatic rings. The lowest BCUT2D eigenvalue weighted by atomic mass is 10.2. The van der Waals surface area contributed by atoms with Crippen molar-refractivity contribution in [1.82, 2.24) is 0 Å². The molecule has 0 aromatic heterocycles. The van der Waals surface area contributed by atoms with Crippen LogP contribution in [0.3, 0.4) is 0 Å². The molecule has 0 aliphatic rings. The summed E-state index contributed by atoms with van der Waals surface area (Å²) in [6, 6.07) is 0. The van der Waals surface area contributed by atoms with E-state index in [9.17, 15) is 26.4 Å². The third-order valence-corrected chi connectivity index (χ3v) is 5.38. The van der Waals surface area contributed by atoms with Gasteiger partial charge in [0.2, 0.25) is 0 Å². The van der Waals surface area contributed by atoms with Crippen LogP contribution in [0.4, 0.5) is 13.2 Å². The predicted octanol–water partition coefficient (Wildman–Crippen LogP) is 1.52. The number of hydrogen-bond acceptors (Lipinski definition) is 4. The maximum atomic E-state index is 11.7. The van der Waals surface area contributed by atoms with Gasteiger partial charge in [0.25, 0.3) is 0 Å². The van der Waals surface area contributed by atoms with Crippen molar-refractivity contribution in [2.45, 2.75) is 24.1 Å². The lowest BCUT2D eigenvalue weighted by Crippen LogP contribution is -2.42. The fourth-order valence-corrected chi connectivity index (χ4v) is 2.87. The molecule has 4 nitrogen and oxygen atoms in total. The van der Waals surface area contributed by atoms with E-state index in [4.69, 9.17) is 5.11 Å². The van der Waals surface area contributed by atoms with Crippen LogP contribution in [-0.2, 0) is 14.6 Å². The SMILES string of the molecule is CC(C)(C(=O)O)S(=O)(=O)CCSC(F)(F)F. The van der Waals surface area contributed by atoms with Crippen molar-refractivity contribution < 1.29 is 31.5 Å². The Labute approximate surface area is 95.1 Å². The van der Waals surface area contributed by atoms with Gasteiger partial charge in [-0.15, -0.1) is 0 Å². The Morgan fingerprint density at radius 1 is 1.31 bits per heavy atom. The van der Waals surface area contributed by atoms with Gasteiger partial charge in [-0.25, -0.2) is 8.42 Å². The molecule has 0 amide bonds. The van der Waals surface area contributed by atoms with Crippen LogP contribution in [0.5, 0.6) is 0 Å². The molecule has 0 atom stereocenters. The maximum absolute atomic E-state index is 11.7. The third kappa shape index (κ3) is 4.20. The minimum atomic E-state index is -4.51. The number of aliphatic carboxylic acids is 1. The monoisotopic (exact) mass is 280 g/mol. The molecular weight excluding hydrogens is 269 g/mol. The Bertz CT molecular complexity index is 358. The minimum Gasteiger partial charge on any atom is -0.480 e. The summed E-state index contributed by atoms with van der Waals surface area (Å²) in [5.41, 5.74) is -4.51. The zero-order valence-corrected chi connectivity index (χ0v) is 10.2. The molecule has 0 rings (SSSR count). The minimum absolute atomic E-state index is 0.484. The molecule has 0 bridgehead atoms. The van der Waals surface area contributed by atoms with Crippen molar-refractivity contribution in [3.8, 4) is 0 Å². The van der Waals surface area contributed by atoms with E-state index in [1.807, 2.05) is 0 Å². The first kappa shape index (κ1) is 15.6. The highest BCUT2D eigenvalue weighted by Gasteiger charge is 2.42. The van der Waals surface area contributed by atoms with E-state index in [2.05, 4.69) is 0 Å². The van der Waals surface area contributed by atoms with Crippen molar-refractivity contribution in [1.29, 1.82) is 0 Å². The number of rotatable bonds is 5. The summed E-state index contributed by atoms with van der Waals surface area (Å²) in [6.07, 6.45) is 0. The normalized spacial score (nSPS) is 13.8. The Balaban J connectivity index is 4.56. The van der Waals surface area contributed by atoms with E-state index in [1.54, 1.807) is 0 Å². The fourth-order valence-electron chi connectivity index (χ4n) is 0.655. The Morgan fingerprint density at radius 2 is 1.75 bits per heavy atom. The number of carboxylic acids is 1. The second-order valence-electron chi connectivity index (χ2n) is 3.43. The average molecular weight is 280 g/mol. The zero-order valence-electron chi connectivity index (χ0n) is 8.54. The summed E-state index contributed by atoms with van der Waals surface area (Å²) in [5, 5.41) is 8.63. The topological polar surface area (TPSA) is 71.4 Å². The molecule has 0 radical (unpaired) electrons. The number of sulfone groups is 1. The van der Waals surface area contributed by atoms with Crippen LogP contribution in [0.25, 0.3) is 0 Å². The summed E-state index contributed by atoms with van der Waals surface area (Å²) in [7, 11) is -4.10. The van der Waals surface area contributed by atoms with Gasteiger partial charge in [-0.05, 0) is 25.6 Å². The molecule has 0 aliphatic carbocycles. The zero-order chi connectivity index (χ0) is 13.2. The van der Waals surface area contributed by atoms with Crippen LogP contribution in [0.2, 0.25) is 0 Å². The van der Waals surface area contributed by atoms with E-state index in [1.165, 1.54) is 0 Å². The second kappa shape index (κ2) is 4.82. The molecular formula is C7H11F3O4S2. The van der Waals surface area contributed by atoms with Gasteiger partial charge in [0.1, 0.15) is 0 Å². The van der Waals surface area contributed by atoms with Crippen molar-refractivity contribution in [3.05, 3.63) is 0 Å². The van der Waals surface area contributed by atoms with Crippen molar-refractivity contribution in [2.75, 3.05) is 11.5 Å². The van der Waals surface area contributed by atoms with Crippen molar-refractivity contribution in [2.24, 2.45) is 0 Å². The van der Waals surface area contributed by atoms with Gasteiger partial charge >= 0.3 is 11.5 Å². The van der Waals surface area contributed by atoms with Crippen LogP contribution in [0, 0.1) is 0 Å². The Hall–Kier alpha value is -0.440. The Kier molecular flexibility index (Phi) is 4.69. The van der Waals surface area contributed by atoms with Crippen molar-refractivity contribution in [3.63, 3.8) is 0 Å². The number of thioether (sulfide) groups is 1. The van der Waals surface area contributed by atoms with E-state index >= 15 is 0 Å². The van der Waals surface area contributed by atoms with Crippen molar-refractivity contribution >= 4 is 27.6 Å². The molecule has 96 valence electrons. The number of carbonyl (C=O) groups is 1. The number of carboxylic acid groups (broad SMARTS) is 1. The fraction of sp³-hybridized carbons (Fsp3) is 0.857. The van der Waals surface area contributed by atoms with Gasteiger partial charge in [0, 0.05) is 5.75 Å². The molecule has 0 spiro atoms. The Morgan fingerprint density at radius 3 is 2.06 bits per heavy atom. The first-order valence-electron chi connectivity index (χ1n) is 4.06. The molecule has 0 saturated heterocycles. The van der Waals surface area contributed by atoms with Gasteiger partial charge < -0.3 is 5.11 Å². The van der Waals surface area contributed by atoms with Crippen LogP contribution < -0.4 is 0 Å². The standard InChI is InChI=1S/C7H11F3O4S2/c1-6(2,5(11)12)16(13,14)4-3-15-7(8,9)10/h3-4H2,1-2H3,(H,11,12). The lowest BCUT2D eigenvalue weighted by molar-refractivity contribution is -0.139. The first-order valence-corrected chi connectivity index (χ1v) is 6.70. The summed E-state index contributed by atoms with van der Waals surface area (Å²) in [5.74, 6) is -3.11. The quantitative estimate of drug-likeness (QED) is 0.826. The summed E-state index contributed by atoms with van der Waals surface area (Å²) >= 11 is -0.484. The highest BCUT2D eigenvalue weighted by atomic mass is 32.2. The van der Waals surface area contributed by atoms with Gasteiger partial charge in [-0.2, -0.15) is 13.2 Å². The van der Waals surface area contributed by atoms with Gasteiger partial charge in [-0.1, -0.05) is 0 Å². The molecule has 16 heavy (non-hydrogen) atoms. The molecule has 0 aromatic carbocycles. The number of halogens is 3. The van der Waals surface area contributed by atoms with Crippen LogP contribution in [0.1, 0.15) is 13.8 Å².